The summed E-state index contributed by atoms with van der Waals surface area (Å²) >= 11 is 0. The highest BCUT2D eigenvalue weighted by Crippen LogP contribution is 2.22. The first-order chi connectivity index (χ1) is 13.2. The average Bonchev–Trinajstić information content (AvgIpc) is 2.73. The molecule has 0 bridgehead atoms. The highest BCUT2D eigenvalue weighted by molar-refractivity contribution is 5.85. The Kier molecular flexibility index (Phi) is 8.97. The molecule has 0 saturated carbocycles. The first kappa shape index (κ1) is 22.4. The molecule has 3 rings (SSSR count). The Labute approximate surface area is 174 Å². The van der Waals surface area contributed by atoms with Gasteiger partial charge in [0, 0.05) is 13.1 Å². The van der Waals surface area contributed by atoms with Gasteiger partial charge in [-0.1, -0.05) is 54.6 Å². The van der Waals surface area contributed by atoms with Crippen LogP contribution >= 0.6 is 12.4 Å². The van der Waals surface area contributed by atoms with Gasteiger partial charge in [0.05, 0.1) is 6.61 Å². The summed E-state index contributed by atoms with van der Waals surface area (Å²) in [5, 5.41) is 9.04. The van der Waals surface area contributed by atoms with E-state index in [4.69, 9.17) is 10.8 Å². The Balaban J connectivity index is 0.00000280. The number of likely N-dealkylation sites (tertiary alicyclic amines) is 1. The van der Waals surface area contributed by atoms with E-state index < -0.39 is 6.04 Å². The first-order valence-corrected chi connectivity index (χ1v) is 9.92. The SMILES string of the molecule is Cl.NC(CO)C(=O)N1CCC(Cc2ccc(CCc3ccccc3)cc2)CC1. The number of nitrogens with zero attached hydrogens (tertiary/aromatic N) is 1. The largest absolute Gasteiger partial charge is 0.394 e. The van der Waals surface area contributed by atoms with E-state index in [-0.39, 0.29) is 24.9 Å². The van der Waals surface area contributed by atoms with E-state index in [0.29, 0.717) is 5.92 Å². The Morgan fingerprint density at radius 1 is 0.964 bits per heavy atom. The highest BCUT2D eigenvalue weighted by atomic mass is 35.5. The van der Waals surface area contributed by atoms with Crippen LogP contribution in [0, 0.1) is 5.92 Å². The third kappa shape index (κ3) is 6.33. The topological polar surface area (TPSA) is 66.6 Å². The summed E-state index contributed by atoms with van der Waals surface area (Å²) in [6.07, 6.45) is 5.20. The van der Waals surface area contributed by atoms with Gasteiger partial charge in [-0.15, -0.1) is 12.4 Å². The van der Waals surface area contributed by atoms with Crippen molar-refractivity contribution in [2.24, 2.45) is 11.7 Å². The molecule has 1 unspecified atom stereocenters. The minimum Gasteiger partial charge on any atom is -0.394 e. The third-order valence-electron chi connectivity index (χ3n) is 5.53. The maximum atomic E-state index is 12.0. The Morgan fingerprint density at radius 2 is 1.50 bits per heavy atom. The van der Waals surface area contributed by atoms with Gasteiger partial charge in [0.15, 0.2) is 0 Å². The molecule has 0 aromatic heterocycles. The van der Waals surface area contributed by atoms with E-state index >= 15 is 0 Å². The van der Waals surface area contributed by atoms with E-state index in [0.717, 1.165) is 45.2 Å². The van der Waals surface area contributed by atoms with E-state index in [1.807, 2.05) is 0 Å². The van der Waals surface area contributed by atoms with Crippen molar-refractivity contribution >= 4 is 18.3 Å². The molecule has 0 spiro atoms. The smallest absolute Gasteiger partial charge is 0.241 e. The van der Waals surface area contributed by atoms with Gasteiger partial charge in [0.2, 0.25) is 5.91 Å². The van der Waals surface area contributed by atoms with Gasteiger partial charge in [-0.25, -0.2) is 0 Å². The summed E-state index contributed by atoms with van der Waals surface area (Å²) in [5.74, 6) is 0.480. The number of nitrogens with two attached hydrogens (primary N) is 1. The Bertz CT molecular complexity index is 713. The summed E-state index contributed by atoms with van der Waals surface area (Å²) in [6, 6.07) is 18.8. The van der Waals surface area contributed by atoms with E-state index in [1.165, 1.54) is 16.7 Å². The molecule has 1 atom stereocenters. The fraction of sp³-hybridized carbons (Fsp3) is 0.435. The summed E-state index contributed by atoms with van der Waals surface area (Å²) in [5.41, 5.74) is 9.77. The minimum atomic E-state index is -0.773. The van der Waals surface area contributed by atoms with Gasteiger partial charge in [-0.3, -0.25) is 4.79 Å². The number of aryl methyl sites for hydroxylation is 2. The molecule has 1 fully saturated rings. The number of rotatable bonds is 7. The van der Waals surface area contributed by atoms with Crippen LogP contribution in [0.2, 0.25) is 0 Å². The number of benzene rings is 2. The average molecular weight is 403 g/mol. The Hall–Kier alpha value is -1.88. The monoisotopic (exact) mass is 402 g/mol. The number of piperidine rings is 1. The summed E-state index contributed by atoms with van der Waals surface area (Å²) in [4.78, 5) is 13.8. The molecule has 1 aliphatic rings. The maximum absolute atomic E-state index is 12.0. The Morgan fingerprint density at radius 3 is 2.07 bits per heavy atom. The zero-order chi connectivity index (χ0) is 19.1. The highest BCUT2D eigenvalue weighted by Gasteiger charge is 2.25. The predicted molar refractivity (Wildman–Crippen MR) is 116 cm³/mol. The van der Waals surface area contributed by atoms with Crippen LogP contribution in [0.4, 0.5) is 0 Å². The standard InChI is InChI=1S/C23H30N2O2.ClH/c24-22(17-26)23(27)25-14-12-21(13-15-25)16-20-10-8-19(9-11-20)7-6-18-4-2-1-3-5-18;/h1-5,8-11,21-22,26H,6-7,12-17,24H2;1H. The number of aliphatic hydroxyl groups excluding tert-OH is 1. The number of hydrogen-bond acceptors (Lipinski definition) is 3. The molecular weight excluding hydrogens is 372 g/mol. The number of aliphatic hydroxyl groups is 1. The van der Waals surface area contributed by atoms with Crippen molar-refractivity contribution in [3.63, 3.8) is 0 Å². The molecule has 1 heterocycles. The van der Waals surface area contributed by atoms with E-state index in [9.17, 15) is 4.79 Å². The third-order valence-corrected chi connectivity index (χ3v) is 5.53. The van der Waals surface area contributed by atoms with Crippen LogP contribution in [0.25, 0.3) is 0 Å². The van der Waals surface area contributed by atoms with Crippen molar-refractivity contribution in [3.05, 3.63) is 71.3 Å². The summed E-state index contributed by atoms with van der Waals surface area (Å²) < 4.78 is 0. The molecule has 4 nitrogen and oxygen atoms in total. The van der Waals surface area contributed by atoms with Crippen molar-refractivity contribution in [3.8, 4) is 0 Å². The molecule has 2 aromatic carbocycles. The number of hydrogen-bond donors (Lipinski definition) is 2. The quantitative estimate of drug-likeness (QED) is 0.748. The number of carbonyl (C=O) groups is 1. The molecule has 0 aliphatic carbocycles. The van der Waals surface area contributed by atoms with Gasteiger partial charge in [0.25, 0.3) is 0 Å². The molecule has 152 valence electrons. The molecule has 1 amide bonds. The predicted octanol–water partition coefficient (Wildman–Crippen LogP) is 2.99. The molecule has 1 saturated heterocycles. The molecule has 1 aliphatic heterocycles. The van der Waals surface area contributed by atoms with Gasteiger partial charge >= 0.3 is 0 Å². The van der Waals surface area contributed by atoms with Crippen molar-refractivity contribution in [1.82, 2.24) is 4.90 Å². The fourth-order valence-electron chi connectivity index (χ4n) is 3.78. The molecule has 5 heteroatoms. The number of amides is 1. The van der Waals surface area contributed by atoms with Crippen LogP contribution in [-0.4, -0.2) is 41.7 Å². The fourth-order valence-corrected chi connectivity index (χ4v) is 3.78. The summed E-state index contributed by atoms with van der Waals surface area (Å²) in [7, 11) is 0. The lowest BCUT2D eigenvalue weighted by molar-refractivity contribution is -0.134. The van der Waals surface area contributed by atoms with Gasteiger partial charge in [-0.2, -0.15) is 0 Å². The van der Waals surface area contributed by atoms with Crippen LogP contribution in [0.1, 0.15) is 29.5 Å². The maximum Gasteiger partial charge on any atom is 0.241 e. The van der Waals surface area contributed by atoms with Gasteiger partial charge in [0.1, 0.15) is 6.04 Å². The second kappa shape index (κ2) is 11.2. The first-order valence-electron chi connectivity index (χ1n) is 9.92. The number of halogens is 1. The van der Waals surface area contributed by atoms with E-state index in [1.54, 1.807) is 4.90 Å². The second-order valence-electron chi connectivity index (χ2n) is 7.56. The van der Waals surface area contributed by atoms with Crippen LogP contribution in [0.15, 0.2) is 54.6 Å². The lowest BCUT2D eigenvalue weighted by Crippen LogP contribution is -2.48. The van der Waals surface area contributed by atoms with Crippen LogP contribution in [0.3, 0.4) is 0 Å². The minimum absolute atomic E-state index is 0. The molecular formula is C23H31ClN2O2. The normalized spacial score (nSPS) is 15.7. The van der Waals surface area contributed by atoms with Crippen LogP contribution in [-0.2, 0) is 24.1 Å². The van der Waals surface area contributed by atoms with Crippen LogP contribution in [0.5, 0.6) is 0 Å². The van der Waals surface area contributed by atoms with Crippen LogP contribution < -0.4 is 5.73 Å². The zero-order valence-corrected chi connectivity index (χ0v) is 17.1. The van der Waals surface area contributed by atoms with Crippen molar-refractivity contribution in [2.75, 3.05) is 19.7 Å². The molecule has 0 radical (unpaired) electrons. The van der Waals surface area contributed by atoms with Crippen molar-refractivity contribution in [1.29, 1.82) is 0 Å². The number of carbonyl (C=O) groups excluding carboxylic acids is 1. The lowest BCUT2D eigenvalue weighted by atomic mass is 9.89. The molecule has 3 N–H and O–H groups in total. The van der Waals surface area contributed by atoms with Crippen molar-refractivity contribution in [2.45, 2.75) is 38.1 Å². The lowest BCUT2D eigenvalue weighted by Gasteiger charge is -2.33. The second-order valence-corrected chi connectivity index (χ2v) is 7.56. The van der Waals surface area contributed by atoms with Crippen molar-refractivity contribution < 1.29 is 9.90 Å². The zero-order valence-electron chi connectivity index (χ0n) is 16.3. The van der Waals surface area contributed by atoms with Gasteiger partial charge in [-0.05, 0) is 54.7 Å². The van der Waals surface area contributed by atoms with Gasteiger partial charge < -0.3 is 15.7 Å². The molecule has 2 aromatic rings. The molecule has 28 heavy (non-hydrogen) atoms. The summed E-state index contributed by atoms with van der Waals surface area (Å²) in [6.45, 7) is 1.20. The van der Waals surface area contributed by atoms with E-state index in [2.05, 4.69) is 54.6 Å².